The van der Waals surface area contributed by atoms with Gasteiger partial charge in [0.15, 0.2) is 0 Å². The van der Waals surface area contributed by atoms with Crippen LogP contribution in [0.1, 0.15) is 27.8 Å². The maximum atomic E-state index is 9.24. The maximum Gasteiger partial charge on any atom is 0.145 e. The largest absolute Gasteiger partial charge is 0.455 e. The monoisotopic (exact) mass is 285 g/mol. The van der Waals surface area contributed by atoms with Gasteiger partial charge in [-0.2, -0.15) is 5.26 Å². The summed E-state index contributed by atoms with van der Waals surface area (Å²) in [6, 6.07) is 11.7. The Hall–Kier alpha value is -1.98. The number of ether oxygens (including phenoxy) is 1. The van der Waals surface area contributed by atoms with Crippen molar-refractivity contribution < 1.29 is 4.74 Å². The molecule has 0 saturated carbocycles. The molecule has 0 N–H and O–H groups in total. The van der Waals surface area contributed by atoms with E-state index in [1.807, 2.05) is 32.9 Å². The Balaban J connectivity index is 2.46. The van der Waals surface area contributed by atoms with E-state index >= 15 is 0 Å². The molecule has 0 bridgehead atoms. The molecular weight excluding hydrogens is 270 g/mol. The fourth-order valence-corrected chi connectivity index (χ4v) is 2.20. The Kier molecular flexibility index (Phi) is 4.32. The lowest BCUT2D eigenvalue weighted by atomic mass is 10.1. The molecule has 0 saturated heterocycles. The van der Waals surface area contributed by atoms with Crippen LogP contribution in [0.5, 0.6) is 11.5 Å². The van der Waals surface area contributed by atoms with Gasteiger partial charge in [0, 0.05) is 5.88 Å². The first-order chi connectivity index (χ1) is 9.56. The van der Waals surface area contributed by atoms with Crippen molar-refractivity contribution in [2.45, 2.75) is 26.7 Å². The number of halogens is 1. The van der Waals surface area contributed by atoms with E-state index in [2.05, 4.69) is 12.1 Å². The van der Waals surface area contributed by atoms with Gasteiger partial charge in [-0.05, 0) is 55.2 Å². The SMILES string of the molecule is Cc1ccc(C)c(Oc2ccc(CCl)cc2C#N)c1C. The van der Waals surface area contributed by atoms with Gasteiger partial charge in [0.2, 0.25) is 0 Å². The Labute approximate surface area is 124 Å². The molecule has 2 rings (SSSR count). The maximum absolute atomic E-state index is 9.24. The second-order valence-corrected chi connectivity index (χ2v) is 5.10. The smallest absolute Gasteiger partial charge is 0.145 e. The molecule has 2 aromatic rings. The van der Waals surface area contributed by atoms with Crippen LogP contribution in [0.4, 0.5) is 0 Å². The second-order valence-electron chi connectivity index (χ2n) is 4.83. The Bertz CT molecular complexity index is 686. The average Bonchev–Trinajstić information content (AvgIpc) is 2.47. The number of aryl methyl sites for hydroxylation is 2. The van der Waals surface area contributed by atoms with Crippen LogP contribution in [0, 0.1) is 32.1 Å². The molecule has 0 aliphatic rings. The number of alkyl halides is 1. The van der Waals surface area contributed by atoms with Crippen molar-refractivity contribution in [1.29, 1.82) is 5.26 Å². The molecule has 0 spiro atoms. The lowest BCUT2D eigenvalue weighted by Gasteiger charge is -2.14. The van der Waals surface area contributed by atoms with Gasteiger partial charge in [-0.1, -0.05) is 18.2 Å². The summed E-state index contributed by atoms with van der Waals surface area (Å²) in [7, 11) is 0. The van der Waals surface area contributed by atoms with Gasteiger partial charge < -0.3 is 4.74 Å². The van der Waals surface area contributed by atoms with E-state index in [9.17, 15) is 5.26 Å². The first-order valence-electron chi connectivity index (χ1n) is 6.40. The molecule has 0 unspecified atom stereocenters. The number of hydrogen-bond acceptors (Lipinski definition) is 2. The summed E-state index contributed by atoms with van der Waals surface area (Å²) < 4.78 is 5.98. The number of benzene rings is 2. The van der Waals surface area contributed by atoms with E-state index in [1.165, 1.54) is 5.56 Å². The summed E-state index contributed by atoms with van der Waals surface area (Å²) in [4.78, 5) is 0. The van der Waals surface area contributed by atoms with Crippen molar-refractivity contribution >= 4 is 11.6 Å². The van der Waals surface area contributed by atoms with E-state index in [4.69, 9.17) is 16.3 Å². The minimum absolute atomic E-state index is 0.386. The standard InChI is InChI=1S/C17H16ClNO/c1-11-4-5-12(2)17(13(11)3)20-16-7-6-14(9-18)8-15(16)10-19/h4-8H,9H2,1-3H3. The van der Waals surface area contributed by atoms with Crippen LogP contribution < -0.4 is 4.74 Å². The van der Waals surface area contributed by atoms with E-state index in [1.54, 1.807) is 12.1 Å². The van der Waals surface area contributed by atoms with Crippen LogP contribution in [-0.2, 0) is 5.88 Å². The molecule has 0 aromatic heterocycles. The summed E-state index contributed by atoms with van der Waals surface area (Å²) in [6.45, 7) is 6.07. The molecule has 2 nitrogen and oxygen atoms in total. The van der Waals surface area contributed by atoms with E-state index in [-0.39, 0.29) is 0 Å². The fourth-order valence-electron chi connectivity index (χ4n) is 2.03. The highest BCUT2D eigenvalue weighted by molar-refractivity contribution is 6.17. The number of hydrogen-bond donors (Lipinski definition) is 0. The Morgan fingerprint density at radius 1 is 1.10 bits per heavy atom. The molecule has 20 heavy (non-hydrogen) atoms. The first kappa shape index (κ1) is 14.4. The van der Waals surface area contributed by atoms with Crippen LogP contribution in [0.2, 0.25) is 0 Å². The van der Waals surface area contributed by atoms with Gasteiger partial charge in [0.1, 0.15) is 17.6 Å². The highest BCUT2D eigenvalue weighted by Crippen LogP contribution is 2.32. The number of nitriles is 1. The zero-order chi connectivity index (χ0) is 14.7. The topological polar surface area (TPSA) is 33.0 Å². The minimum Gasteiger partial charge on any atom is -0.455 e. The second kappa shape index (κ2) is 5.98. The summed E-state index contributed by atoms with van der Waals surface area (Å²) in [6.07, 6.45) is 0. The third kappa shape index (κ3) is 2.79. The quantitative estimate of drug-likeness (QED) is 0.742. The van der Waals surface area contributed by atoms with Crippen molar-refractivity contribution in [2.24, 2.45) is 0 Å². The highest BCUT2D eigenvalue weighted by atomic mass is 35.5. The minimum atomic E-state index is 0.386. The van der Waals surface area contributed by atoms with Gasteiger partial charge in [-0.15, -0.1) is 11.6 Å². The van der Waals surface area contributed by atoms with Gasteiger partial charge in [-0.25, -0.2) is 0 Å². The van der Waals surface area contributed by atoms with Crippen molar-refractivity contribution in [1.82, 2.24) is 0 Å². The molecule has 0 radical (unpaired) electrons. The highest BCUT2D eigenvalue weighted by Gasteiger charge is 2.11. The molecule has 0 fully saturated rings. The first-order valence-corrected chi connectivity index (χ1v) is 6.94. The summed E-state index contributed by atoms with van der Waals surface area (Å²) in [5, 5.41) is 9.24. The van der Waals surface area contributed by atoms with Crippen LogP contribution in [0.25, 0.3) is 0 Å². The van der Waals surface area contributed by atoms with Crippen molar-refractivity contribution in [3.05, 3.63) is 58.1 Å². The lowest BCUT2D eigenvalue weighted by molar-refractivity contribution is 0.473. The molecule has 0 amide bonds. The normalized spacial score (nSPS) is 10.2. The number of rotatable bonds is 3. The van der Waals surface area contributed by atoms with Gasteiger partial charge >= 0.3 is 0 Å². The van der Waals surface area contributed by atoms with E-state index < -0.39 is 0 Å². The molecule has 0 aliphatic carbocycles. The van der Waals surface area contributed by atoms with Crippen LogP contribution in [0.3, 0.4) is 0 Å². The van der Waals surface area contributed by atoms with Gasteiger partial charge in [0.05, 0.1) is 5.56 Å². The Morgan fingerprint density at radius 2 is 1.80 bits per heavy atom. The predicted octanol–water partition coefficient (Wildman–Crippen LogP) is 5.01. The molecule has 102 valence electrons. The van der Waals surface area contributed by atoms with E-state index in [0.717, 1.165) is 22.4 Å². The Morgan fingerprint density at radius 3 is 2.45 bits per heavy atom. The molecular formula is C17H16ClNO. The van der Waals surface area contributed by atoms with Crippen molar-refractivity contribution in [3.63, 3.8) is 0 Å². The molecule has 3 heteroatoms. The zero-order valence-corrected chi connectivity index (χ0v) is 12.6. The summed E-state index contributed by atoms with van der Waals surface area (Å²) in [5.41, 5.74) is 4.73. The molecule has 0 aliphatic heterocycles. The third-order valence-corrected chi connectivity index (χ3v) is 3.71. The average molecular weight is 286 g/mol. The summed E-state index contributed by atoms with van der Waals surface area (Å²) >= 11 is 5.79. The van der Waals surface area contributed by atoms with Crippen LogP contribution in [0.15, 0.2) is 30.3 Å². The predicted molar refractivity (Wildman–Crippen MR) is 81.4 cm³/mol. The van der Waals surface area contributed by atoms with Gasteiger partial charge in [-0.3, -0.25) is 0 Å². The molecule has 0 atom stereocenters. The van der Waals surface area contributed by atoms with Crippen molar-refractivity contribution in [2.75, 3.05) is 0 Å². The zero-order valence-electron chi connectivity index (χ0n) is 11.8. The van der Waals surface area contributed by atoms with Crippen LogP contribution >= 0.6 is 11.6 Å². The lowest BCUT2D eigenvalue weighted by Crippen LogP contribution is -1.96. The molecule has 2 aromatic carbocycles. The van der Waals surface area contributed by atoms with Crippen LogP contribution in [-0.4, -0.2) is 0 Å². The van der Waals surface area contributed by atoms with Crippen molar-refractivity contribution in [3.8, 4) is 17.6 Å². The third-order valence-electron chi connectivity index (χ3n) is 3.40. The van der Waals surface area contributed by atoms with Gasteiger partial charge in [0.25, 0.3) is 0 Å². The molecule has 0 heterocycles. The van der Waals surface area contributed by atoms with E-state index in [0.29, 0.717) is 17.2 Å². The number of nitrogens with zero attached hydrogens (tertiary/aromatic N) is 1. The summed E-state index contributed by atoms with van der Waals surface area (Å²) in [5.74, 6) is 1.77. The fraction of sp³-hybridized carbons (Fsp3) is 0.235.